The zero-order valence-corrected chi connectivity index (χ0v) is 20.4. The van der Waals surface area contributed by atoms with Crippen LogP contribution in [0.1, 0.15) is 27.9 Å². The second-order valence-corrected chi connectivity index (χ2v) is 9.65. The van der Waals surface area contributed by atoms with E-state index in [9.17, 15) is 9.90 Å². The first kappa shape index (κ1) is 23.6. The summed E-state index contributed by atoms with van der Waals surface area (Å²) < 4.78 is 4.25. The van der Waals surface area contributed by atoms with E-state index in [1.54, 1.807) is 24.7 Å². The van der Waals surface area contributed by atoms with Crippen molar-refractivity contribution in [3.8, 4) is 0 Å². The van der Waals surface area contributed by atoms with Gasteiger partial charge in [0.05, 0.1) is 18.4 Å². The van der Waals surface area contributed by atoms with Crippen LogP contribution in [0.25, 0.3) is 10.9 Å². The number of carboxylic acid groups (broad SMARTS) is 1. The second kappa shape index (κ2) is 10.6. The van der Waals surface area contributed by atoms with Gasteiger partial charge in [0.25, 0.3) is 0 Å². The van der Waals surface area contributed by atoms with Gasteiger partial charge in [0.2, 0.25) is 0 Å². The average molecular weight is 492 g/mol. The lowest BCUT2D eigenvalue weighted by Gasteiger charge is -2.34. The van der Waals surface area contributed by atoms with Crippen molar-refractivity contribution in [3.05, 3.63) is 89.1 Å². The van der Waals surface area contributed by atoms with E-state index in [-0.39, 0.29) is 0 Å². The van der Waals surface area contributed by atoms with Crippen molar-refractivity contribution in [3.63, 3.8) is 0 Å². The number of nitrogens with zero attached hydrogens (tertiary/aromatic N) is 5. The number of rotatable bonds is 9. The van der Waals surface area contributed by atoms with Crippen LogP contribution in [0.15, 0.2) is 67.4 Å². The molecule has 0 unspecified atom stereocenters. The molecule has 7 nitrogen and oxygen atoms in total. The van der Waals surface area contributed by atoms with Gasteiger partial charge in [-0.05, 0) is 48.4 Å². The quantitative estimate of drug-likeness (QED) is 0.375. The third-order valence-corrected chi connectivity index (χ3v) is 7.03. The van der Waals surface area contributed by atoms with E-state index in [0.29, 0.717) is 12.1 Å². The Morgan fingerprint density at radius 3 is 2.46 bits per heavy atom. The Labute approximate surface area is 210 Å². The highest BCUT2D eigenvalue weighted by atomic mass is 35.5. The Kier molecular flexibility index (Phi) is 7.18. The zero-order valence-electron chi connectivity index (χ0n) is 19.7. The van der Waals surface area contributed by atoms with E-state index in [1.807, 2.05) is 29.0 Å². The Morgan fingerprint density at radius 1 is 0.971 bits per heavy atom. The lowest BCUT2D eigenvalue weighted by molar-refractivity contribution is 0.0697. The van der Waals surface area contributed by atoms with E-state index in [2.05, 4.69) is 37.7 Å². The number of aromatic nitrogens is 3. The van der Waals surface area contributed by atoms with Crippen molar-refractivity contribution in [1.29, 1.82) is 0 Å². The second-order valence-electron chi connectivity index (χ2n) is 9.22. The van der Waals surface area contributed by atoms with Crippen LogP contribution in [0, 0.1) is 0 Å². The third kappa shape index (κ3) is 5.75. The first-order valence-electron chi connectivity index (χ1n) is 12.0. The average Bonchev–Trinajstić information content (AvgIpc) is 3.50. The number of aryl methyl sites for hydroxylation is 1. The van der Waals surface area contributed by atoms with Crippen molar-refractivity contribution >= 4 is 28.5 Å². The summed E-state index contributed by atoms with van der Waals surface area (Å²) >= 11 is 6.00. The summed E-state index contributed by atoms with van der Waals surface area (Å²) in [5.41, 5.74) is 3.77. The Balaban J connectivity index is 1.19. The number of fused-ring (bicyclic) bond motifs is 1. The number of benzene rings is 2. The molecule has 0 aliphatic carbocycles. The van der Waals surface area contributed by atoms with E-state index < -0.39 is 5.97 Å². The molecule has 3 heterocycles. The molecule has 35 heavy (non-hydrogen) atoms. The molecular formula is C27H30ClN5O2. The highest BCUT2D eigenvalue weighted by Gasteiger charge is 2.17. The maximum absolute atomic E-state index is 11.6. The third-order valence-electron chi connectivity index (χ3n) is 6.78. The largest absolute Gasteiger partial charge is 0.478 e. The van der Waals surface area contributed by atoms with E-state index in [4.69, 9.17) is 11.6 Å². The molecule has 0 radical (unpaired) electrons. The van der Waals surface area contributed by atoms with E-state index in [0.717, 1.165) is 68.2 Å². The predicted molar refractivity (Wildman–Crippen MR) is 138 cm³/mol. The molecule has 1 aliphatic rings. The molecule has 0 saturated carbocycles. The summed E-state index contributed by atoms with van der Waals surface area (Å²) in [7, 11) is 0. The van der Waals surface area contributed by atoms with Crippen LogP contribution >= 0.6 is 11.6 Å². The van der Waals surface area contributed by atoms with Crippen LogP contribution in [-0.2, 0) is 19.6 Å². The molecule has 0 amide bonds. The highest BCUT2D eigenvalue weighted by Crippen LogP contribution is 2.24. The van der Waals surface area contributed by atoms with Crippen molar-refractivity contribution in [2.24, 2.45) is 0 Å². The normalized spacial score (nSPS) is 15.1. The summed E-state index contributed by atoms with van der Waals surface area (Å²) in [4.78, 5) is 20.7. The van der Waals surface area contributed by atoms with Gasteiger partial charge in [0.15, 0.2) is 0 Å². The first-order valence-corrected chi connectivity index (χ1v) is 12.4. The molecule has 1 aliphatic heterocycles. The number of halogens is 1. The van der Waals surface area contributed by atoms with Crippen molar-refractivity contribution in [1.82, 2.24) is 23.9 Å². The van der Waals surface area contributed by atoms with Crippen LogP contribution in [-0.4, -0.2) is 67.7 Å². The van der Waals surface area contributed by atoms with Gasteiger partial charge in [-0.3, -0.25) is 4.90 Å². The fourth-order valence-corrected chi connectivity index (χ4v) is 5.00. The molecule has 2 aromatic carbocycles. The molecule has 182 valence electrons. The predicted octanol–water partition coefficient (Wildman–Crippen LogP) is 4.45. The molecule has 1 fully saturated rings. The van der Waals surface area contributed by atoms with Crippen molar-refractivity contribution < 1.29 is 9.90 Å². The minimum atomic E-state index is -0.896. The molecule has 4 aromatic rings. The minimum Gasteiger partial charge on any atom is -0.478 e. The van der Waals surface area contributed by atoms with E-state index >= 15 is 0 Å². The SMILES string of the molecule is O=C(O)c1ccc2c(Cn3ccnc3)cn(CCCN3CCN(Cc4ccc(Cl)cc4)CC3)c2c1. The van der Waals surface area contributed by atoms with Crippen molar-refractivity contribution in [2.75, 3.05) is 32.7 Å². The summed E-state index contributed by atoms with van der Waals surface area (Å²) in [5, 5.41) is 11.4. The Bertz CT molecular complexity index is 1280. The van der Waals surface area contributed by atoms with Gasteiger partial charge in [-0.25, -0.2) is 9.78 Å². The molecule has 2 aromatic heterocycles. The zero-order chi connectivity index (χ0) is 24.2. The standard InChI is InChI=1S/C27H30ClN5O2/c28-24-5-2-21(3-6-24)17-31-14-12-30(13-15-31)9-1-10-33-19-23(18-32-11-8-29-20-32)25-7-4-22(27(34)35)16-26(25)33/h2-8,11,16,19-20H,1,9-10,12-15,17-18H2,(H,34,35). The molecule has 0 bridgehead atoms. The summed E-state index contributed by atoms with van der Waals surface area (Å²) in [6.45, 7) is 7.82. The number of carbonyl (C=O) groups is 1. The molecule has 5 rings (SSSR count). The van der Waals surface area contributed by atoms with Crippen LogP contribution in [0.4, 0.5) is 0 Å². The van der Waals surface area contributed by atoms with Crippen molar-refractivity contribution in [2.45, 2.75) is 26.1 Å². The smallest absolute Gasteiger partial charge is 0.335 e. The Morgan fingerprint density at radius 2 is 1.74 bits per heavy atom. The number of piperazine rings is 1. The first-order chi connectivity index (χ1) is 17.0. The minimum absolute atomic E-state index is 0.322. The van der Waals surface area contributed by atoms with Crippen LogP contribution in [0.2, 0.25) is 5.02 Å². The van der Waals surface area contributed by atoms with Gasteiger partial charge in [0, 0.05) is 73.8 Å². The monoisotopic (exact) mass is 491 g/mol. The van der Waals surface area contributed by atoms with Crippen LogP contribution < -0.4 is 0 Å². The lowest BCUT2D eigenvalue weighted by Crippen LogP contribution is -2.46. The number of hydrogen-bond donors (Lipinski definition) is 1. The van der Waals surface area contributed by atoms with Gasteiger partial charge in [-0.2, -0.15) is 0 Å². The molecule has 0 spiro atoms. The van der Waals surface area contributed by atoms with Gasteiger partial charge >= 0.3 is 5.97 Å². The molecule has 0 atom stereocenters. The fraction of sp³-hybridized carbons (Fsp3) is 0.333. The number of hydrogen-bond acceptors (Lipinski definition) is 4. The number of carboxylic acids is 1. The maximum Gasteiger partial charge on any atom is 0.335 e. The lowest BCUT2D eigenvalue weighted by atomic mass is 10.1. The van der Waals surface area contributed by atoms with Gasteiger partial charge in [-0.15, -0.1) is 0 Å². The van der Waals surface area contributed by atoms with Crippen LogP contribution in [0.5, 0.6) is 0 Å². The van der Waals surface area contributed by atoms with Gasteiger partial charge < -0.3 is 19.1 Å². The molecular weight excluding hydrogens is 462 g/mol. The van der Waals surface area contributed by atoms with Crippen LogP contribution in [0.3, 0.4) is 0 Å². The Hall–Kier alpha value is -3.13. The molecule has 1 N–H and O–H groups in total. The summed E-state index contributed by atoms with van der Waals surface area (Å²) in [6.07, 6.45) is 8.71. The van der Waals surface area contributed by atoms with E-state index in [1.165, 1.54) is 11.1 Å². The maximum atomic E-state index is 11.6. The molecule has 8 heteroatoms. The highest BCUT2D eigenvalue weighted by molar-refractivity contribution is 6.30. The van der Waals surface area contributed by atoms with Gasteiger partial charge in [0.1, 0.15) is 0 Å². The topological polar surface area (TPSA) is 66.5 Å². The molecule has 1 saturated heterocycles. The number of imidazole rings is 1. The van der Waals surface area contributed by atoms with Gasteiger partial charge in [-0.1, -0.05) is 29.8 Å². The fourth-order valence-electron chi connectivity index (χ4n) is 4.87. The number of aromatic carboxylic acids is 1. The summed E-state index contributed by atoms with van der Waals surface area (Å²) in [5.74, 6) is -0.896. The summed E-state index contributed by atoms with van der Waals surface area (Å²) in [6, 6.07) is 13.5.